The Morgan fingerprint density at radius 2 is 2.37 bits per heavy atom. The molecule has 1 aliphatic heterocycles. The van der Waals surface area contributed by atoms with Gasteiger partial charge >= 0.3 is 0 Å². The Morgan fingerprint density at radius 3 is 3.11 bits per heavy atom. The zero-order valence-corrected chi connectivity index (χ0v) is 12.6. The van der Waals surface area contributed by atoms with Crippen LogP contribution in [0.1, 0.15) is 16.5 Å². The maximum atomic E-state index is 6.01. The van der Waals surface area contributed by atoms with Crippen molar-refractivity contribution in [3.63, 3.8) is 0 Å². The zero-order chi connectivity index (χ0) is 13.2. The summed E-state index contributed by atoms with van der Waals surface area (Å²) in [4.78, 5) is 12.0. The predicted molar refractivity (Wildman–Crippen MR) is 81.0 cm³/mol. The van der Waals surface area contributed by atoms with Gasteiger partial charge in [-0.25, -0.2) is 0 Å². The lowest BCUT2D eigenvalue weighted by Crippen LogP contribution is -2.35. The van der Waals surface area contributed by atoms with E-state index in [1.54, 1.807) is 17.5 Å². The molecule has 1 aliphatic rings. The number of hydrogen-bond donors (Lipinski definition) is 1. The van der Waals surface area contributed by atoms with Crippen LogP contribution < -0.4 is 5.73 Å². The third-order valence-electron chi connectivity index (χ3n) is 3.11. The molecule has 19 heavy (non-hydrogen) atoms. The number of hydrogen-bond acceptors (Lipinski definition) is 5. The fraction of sp³-hybridized carbons (Fsp3) is 0.231. The van der Waals surface area contributed by atoms with Crippen molar-refractivity contribution in [2.45, 2.75) is 12.6 Å². The Bertz CT molecular complexity index is 596. The Hall–Kier alpha value is -1.40. The minimum atomic E-state index is 0.173. The van der Waals surface area contributed by atoms with Crippen LogP contribution in [0.3, 0.4) is 0 Å². The topological polar surface area (TPSA) is 54.5 Å². The first-order chi connectivity index (χ1) is 9.24. The maximum Gasteiger partial charge on any atom is 0.192 e. The standard InChI is InChI=1S/C13H13BrN4S/c14-10-4-9(5-16-6-10)12-7-17-13(15)18(12)8-11-2-1-3-19-11/h1-6,12H,7-8H2,(H2,15,17). The minimum Gasteiger partial charge on any atom is -0.370 e. The van der Waals surface area contributed by atoms with Crippen LogP contribution >= 0.6 is 27.3 Å². The van der Waals surface area contributed by atoms with Gasteiger partial charge in [0.15, 0.2) is 5.96 Å². The average Bonchev–Trinajstić information content (AvgIpc) is 3.01. The van der Waals surface area contributed by atoms with Crippen LogP contribution in [-0.2, 0) is 6.54 Å². The van der Waals surface area contributed by atoms with Crippen LogP contribution in [0.15, 0.2) is 45.4 Å². The van der Waals surface area contributed by atoms with Gasteiger partial charge in [0.25, 0.3) is 0 Å². The molecule has 0 amide bonds. The van der Waals surface area contributed by atoms with Gasteiger partial charge in [-0.3, -0.25) is 9.98 Å². The lowest BCUT2D eigenvalue weighted by molar-refractivity contribution is 0.342. The Labute approximate surface area is 124 Å². The summed E-state index contributed by atoms with van der Waals surface area (Å²) in [5.41, 5.74) is 7.14. The molecule has 0 fully saturated rings. The fourth-order valence-electron chi connectivity index (χ4n) is 2.19. The van der Waals surface area contributed by atoms with Crippen LogP contribution in [0.5, 0.6) is 0 Å². The highest BCUT2D eigenvalue weighted by Crippen LogP contribution is 2.29. The van der Waals surface area contributed by atoms with E-state index < -0.39 is 0 Å². The van der Waals surface area contributed by atoms with E-state index in [0.717, 1.165) is 16.6 Å². The van der Waals surface area contributed by atoms with Crippen LogP contribution in [-0.4, -0.2) is 22.4 Å². The molecule has 6 heteroatoms. The summed E-state index contributed by atoms with van der Waals surface area (Å²) < 4.78 is 0.978. The van der Waals surface area contributed by atoms with Crippen LogP contribution in [0, 0.1) is 0 Å². The van der Waals surface area contributed by atoms with Gasteiger partial charge in [0.2, 0.25) is 0 Å². The molecule has 0 radical (unpaired) electrons. The number of guanidine groups is 1. The first-order valence-corrected chi connectivity index (χ1v) is 7.60. The van der Waals surface area contributed by atoms with Gasteiger partial charge in [-0.2, -0.15) is 0 Å². The number of thiophene rings is 1. The Kier molecular flexibility index (Phi) is 3.52. The van der Waals surface area contributed by atoms with Crippen LogP contribution in [0.4, 0.5) is 0 Å². The van der Waals surface area contributed by atoms with Crippen LogP contribution in [0.2, 0.25) is 0 Å². The highest BCUT2D eigenvalue weighted by atomic mass is 79.9. The second-order valence-corrected chi connectivity index (χ2v) is 6.31. The van der Waals surface area contributed by atoms with E-state index in [4.69, 9.17) is 5.73 Å². The molecule has 0 aliphatic carbocycles. The molecule has 0 saturated carbocycles. The monoisotopic (exact) mass is 336 g/mol. The molecule has 0 aromatic carbocycles. The lowest BCUT2D eigenvalue weighted by Gasteiger charge is -2.25. The van der Waals surface area contributed by atoms with E-state index in [1.807, 2.05) is 6.20 Å². The molecule has 98 valence electrons. The quantitative estimate of drug-likeness (QED) is 0.937. The maximum absolute atomic E-state index is 6.01. The predicted octanol–water partition coefficient (Wildman–Crippen LogP) is 2.78. The average molecular weight is 337 g/mol. The van der Waals surface area contributed by atoms with Gasteiger partial charge in [0.05, 0.1) is 19.1 Å². The molecular weight excluding hydrogens is 324 g/mol. The number of aliphatic imine (C=N–C) groups is 1. The van der Waals surface area contributed by atoms with Gasteiger partial charge in [-0.05, 0) is 39.0 Å². The number of nitrogens with two attached hydrogens (primary N) is 1. The van der Waals surface area contributed by atoms with Crippen molar-refractivity contribution in [1.82, 2.24) is 9.88 Å². The summed E-state index contributed by atoms with van der Waals surface area (Å²) >= 11 is 5.19. The molecule has 0 spiro atoms. The number of rotatable bonds is 3. The third kappa shape index (κ3) is 2.64. The highest BCUT2D eigenvalue weighted by Gasteiger charge is 2.28. The van der Waals surface area contributed by atoms with E-state index in [-0.39, 0.29) is 6.04 Å². The van der Waals surface area contributed by atoms with Gasteiger partial charge < -0.3 is 10.6 Å². The smallest absolute Gasteiger partial charge is 0.192 e. The summed E-state index contributed by atoms with van der Waals surface area (Å²) in [7, 11) is 0. The third-order valence-corrected chi connectivity index (χ3v) is 4.41. The number of nitrogens with zero attached hydrogens (tertiary/aromatic N) is 3. The van der Waals surface area contributed by atoms with E-state index in [2.05, 4.69) is 54.4 Å². The first kappa shape index (κ1) is 12.6. The van der Waals surface area contributed by atoms with Crippen molar-refractivity contribution in [2.24, 2.45) is 10.7 Å². The van der Waals surface area contributed by atoms with Crippen molar-refractivity contribution >= 4 is 33.2 Å². The van der Waals surface area contributed by atoms with Crippen molar-refractivity contribution < 1.29 is 0 Å². The van der Waals surface area contributed by atoms with Crippen LogP contribution in [0.25, 0.3) is 0 Å². The van der Waals surface area contributed by atoms with E-state index in [9.17, 15) is 0 Å². The first-order valence-electron chi connectivity index (χ1n) is 5.93. The van der Waals surface area contributed by atoms with Gasteiger partial charge in [-0.15, -0.1) is 11.3 Å². The largest absolute Gasteiger partial charge is 0.370 e. The summed E-state index contributed by atoms with van der Waals surface area (Å²) in [6.07, 6.45) is 3.66. The molecule has 2 aromatic heterocycles. The normalized spacial score (nSPS) is 18.7. The minimum absolute atomic E-state index is 0.173. The number of halogens is 1. The van der Waals surface area contributed by atoms with Gasteiger partial charge in [-0.1, -0.05) is 6.07 Å². The summed E-state index contributed by atoms with van der Waals surface area (Å²) in [6, 6.07) is 6.42. The zero-order valence-electron chi connectivity index (χ0n) is 10.2. The second kappa shape index (κ2) is 5.30. The lowest BCUT2D eigenvalue weighted by atomic mass is 10.1. The number of pyridine rings is 1. The molecule has 1 unspecified atom stereocenters. The van der Waals surface area contributed by atoms with Gasteiger partial charge in [0, 0.05) is 21.7 Å². The molecule has 4 nitrogen and oxygen atoms in total. The molecule has 2 aromatic rings. The molecule has 1 atom stereocenters. The molecule has 2 N–H and O–H groups in total. The Balaban J connectivity index is 1.85. The molecule has 0 saturated heterocycles. The van der Waals surface area contributed by atoms with E-state index in [1.165, 1.54) is 4.88 Å². The van der Waals surface area contributed by atoms with Crippen molar-refractivity contribution in [2.75, 3.05) is 6.54 Å². The summed E-state index contributed by atoms with van der Waals surface area (Å²) in [6.45, 7) is 1.49. The molecule has 0 bridgehead atoms. The Morgan fingerprint density at radius 1 is 1.47 bits per heavy atom. The van der Waals surface area contributed by atoms with Crippen molar-refractivity contribution in [3.05, 3.63) is 50.9 Å². The van der Waals surface area contributed by atoms with E-state index in [0.29, 0.717) is 12.5 Å². The highest BCUT2D eigenvalue weighted by molar-refractivity contribution is 9.10. The summed E-state index contributed by atoms with van der Waals surface area (Å²) in [5.74, 6) is 0.610. The van der Waals surface area contributed by atoms with Crippen molar-refractivity contribution in [1.29, 1.82) is 0 Å². The fourth-order valence-corrected chi connectivity index (χ4v) is 3.27. The molecular formula is C13H13BrN4S. The number of aromatic nitrogens is 1. The molecule has 3 heterocycles. The van der Waals surface area contributed by atoms with Crippen molar-refractivity contribution in [3.8, 4) is 0 Å². The van der Waals surface area contributed by atoms with E-state index >= 15 is 0 Å². The molecule has 3 rings (SSSR count). The van der Waals surface area contributed by atoms with Gasteiger partial charge in [0.1, 0.15) is 0 Å². The summed E-state index contributed by atoms with van der Waals surface area (Å²) in [5, 5.41) is 2.08. The SMILES string of the molecule is NC1=NCC(c2cncc(Br)c2)N1Cc1cccs1. The second-order valence-electron chi connectivity index (χ2n) is 4.36.